The molecule has 2 fully saturated rings. The lowest BCUT2D eigenvalue weighted by Gasteiger charge is -2.41. The molecule has 4 aromatic rings. The predicted octanol–water partition coefficient (Wildman–Crippen LogP) is 6.32. The molecule has 5 unspecified atom stereocenters. The van der Waals surface area contributed by atoms with Crippen LogP contribution in [0.2, 0.25) is 0 Å². The van der Waals surface area contributed by atoms with Gasteiger partial charge in [0.2, 0.25) is 5.91 Å². The number of aliphatic hydroxyl groups is 1. The van der Waals surface area contributed by atoms with Crippen LogP contribution in [0.1, 0.15) is 48.0 Å². The number of anilines is 1. The number of carbonyl (C=O) groups is 3. The number of nitrogens with one attached hydrogen (secondary N) is 1. The number of hydrogen-bond donors (Lipinski definition) is 2. The van der Waals surface area contributed by atoms with Crippen LogP contribution in [0.4, 0.5) is 10.5 Å². The van der Waals surface area contributed by atoms with Gasteiger partial charge >= 0.3 is 6.09 Å². The molecule has 0 spiro atoms. The van der Waals surface area contributed by atoms with Gasteiger partial charge in [-0.1, -0.05) is 91.9 Å². The van der Waals surface area contributed by atoms with Crippen LogP contribution in [0.25, 0.3) is 0 Å². The zero-order chi connectivity index (χ0) is 32.8. The van der Waals surface area contributed by atoms with E-state index in [1.54, 1.807) is 30.0 Å². The smallest absolute Gasteiger partial charge is 0.408 e. The molecular formula is C37H36N2O7S. The maximum Gasteiger partial charge on any atom is 0.408 e. The molecule has 2 aliphatic rings. The number of rotatable bonds is 10. The highest BCUT2D eigenvalue weighted by Gasteiger charge is 2.42. The number of aliphatic hydroxyl groups excluding tert-OH is 1. The van der Waals surface area contributed by atoms with Gasteiger partial charge in [-0.15, -0.1) is 11.8 Å². The standard InChI is InChI=1S/C37H36N2O7S/c1-24-32(23-47-30-13-6-3-7-14-30)45-36(46-34(24)27-17-15-25(21-40)16-18-27)28-11-8-12-29(19-28)39-33(41)20-31(35(39)42)38-37(43)44-22-26-9-4-2-5-10-26/h2-19,24,31-32,34,36,40H,20-23H2,1H3,(H,38,43). The van der Waals surface area contributed by atoms with Gasteiger partial charge in [0.15, 0.2) is 6.29 Å². The monoisotopic (exact) mass is 652 g/mol. The van der Waals surface area contributed by atoms with Crippen LogP contribution >= 0.6 is 11.8 Å². The van der Waals surface area contributed by atoms with Crippen molar-refractivity contribution >= 4 is 35.4 Å². The van der Waals surface area contributed by atoms with Crippen molar-refractivity contribution in [2.45, 2.75) is 56.0 Å². The predicted molar refractivity (Wildman–Crippen MR) is 177 cm³/mol. The van der Waals surface area contributed by atoms with E-state index < -0.39 is 30.2 Å². The van der Waals surface area contributed by atoms with Crippen LogP contribution < -0.4 is 10.2 Å². The number of ether oxygens (including phenoxy) is 3. The second-order valence-corrected chi connectivity index (χ2v) is 12.7. The highest BCUT2D eigenvalue weighted by molar-refractivity contribution is 7.99. The molecule has 47 heavy (non-hydrogen) atoms. The summed E-state index contributed by atoms with van der Waals surface area (Å²) in [6, 6.07) is 33.0. The maximum absolute atomic E-state index is 13.4. The summed E-state index contributed by atoms with van der Waals surface area (Å²) < 4.78 is 18.4. The minimum Gasteiger partial charge on any atom is -0.445 e. The Labute approximate surface area is 277 Å². The van der Waals surface area contributed by atoms with E-state index in [2.05, 4.69) is 24.4 Å². The highest BCUT2D eigenvalue weighted by Crippen LogP contribution is 2.43. The average molecular weight is 653 g/mol. The molecule has 0 bridgehead atoms. The van der Waals surface area contributed by atoms with Gasteiger partial charge < -0.3 is 24.6 Å². The number of imide groups is 1. The van der Waals surface area contributed by atoms with Gasteiger partial charge in [-0.2, -0.15) is 0 Å². The molecule has 4 aromatic carbocycles. The first-order valence-electron chi connectivity index (χ1n) is 15.5. The lowest BCUT2D eigenvalue weighted by molar-refractivity contribution is -0.268. The highest BCUT2D eigenvalue weighted by atomic mass is 32.2. The first-order chi connectivity index (χ1) is 22.9. The minimum absolute atomic E-state index is 0.000776. The topological polar surface area (TPSA) is 114 Å². The Bertz CT molecular complexity index is 1690. The fourth-order valence-corrected chi connectivity index (χ4v) is 6.83. The van der Waals surface area contributed by atoms with E-state index in [0.29, 0.717) is 17.0 Å². The van der Waals surface area contributed by atoms with Gasteiger partial charge in [0.1, 0.15) is 12.6 Å². The van der Waals surface area contributed by atoms with Crippen molar-refractivity contribution < 1.29 is 33.7 Å². The van der Waals surface area contributed by atoms with Crippen molar-refractivity contribution in [3.8, 4) is 0 Å². The molecule has 3 amide bonds. The summed E-state index contributed by atoms with van der Waals surface area (Å²) in [5.41, 5.74) is 3.60. The van der Waals surface area contributed by atoms with Gasteiger partial charge in [0, 0.05) is 22.1 Å². The molecular weight excluding hydrogens is 616 g/mol. The van der Waals surface area contributed by atoms with Crippen LogP contribution in [-0.4, -0.2) is 40.9 Å². The summed E-state index contributed by atoms with van der Waals surface area (Å²) in [6.07, 6.45) is -2.22. The van der Waals surface area contributed by atoms with Crippen molar-refractivity contribution in [2.24, 2.45) is 5.92 Å². The molecule has 0 aliphatic carbocycles. The Balaban J connectivity index is 1.18. The van der Waals surface area contributed by atoms with E-state index in [4.69, 9.17) is 14.2 Å². The normalized spacial score (nSPS) is 22.7. The Morgan fingerprint density at radius 2 is 1.62 bits per heavy atom. The van der Waals surface area contributed by atoms with E-state index in [1.807, 2.05) is 78.9 Å². The zero-order valence-electron chi connectivity index (χ0n) is 25.9. The molecule has 2 heterocycles. The molecule has 2 aliphatic heterocycles. The molecule has 6 rings (SSSR count). The fourth-order valence-electron chi connectivity index (χ4n) is 5.74. The molecule has 2 saturated heterocycles. The fraction of sp³-hybridized carbons (Fsp3) is 0.270. The first-order valence-corrected chi connectivity index (χ1v) is 16.5. The van der Waals surface area contributed by atoms with Crippen LogP contribution in [0.5, 0.6) is 0 Å². The van der Waals surface area contributed by atoms with Gasteiger partial charge in [-0.05, 0) is 41.0 Å². The van der Waals surface area contributed by atoms with Crippen LogP contribution in [0.3, 0.4) is 0 Å². The van der Waals surface area contributed by atoms with E-state index in [0.717, 1.165) is 26.5 Å². The van der Waals surface area contributed by atoms with Crippen molar-refractivity contribution in [3.63, 3.8) is 0 Å². The third-order valence-corrected chi connectivity index (χ3v) is 9.43. The van der Waals surface area contributed by atoms with Gasteiger partial charge in [-0.25, -0.2) is 9.69 Å². The molecule has 0 radical (unpaired) electrons. The molecule has 0 aromatic heterocycles. The van der Waals surface area contributed by atoms with E-state index in [9.17, 15) is 19.5 Å². The number of thioether (sulfide) groups is 1. The number of alkyl carbamates (subject to hydrolysis) is 1. The second kappa shape index (κ2) is 15.0. The Morgan fingerprint density at radius 1 is 0.894 bits per heavy atom. The van der Waals surface area contributed by atoms with Crippen molar-refractivity contribution in [1.29, 1.82) is 0 Å². The summed E-state index contributed by atoms with van der Waals surface area (Å²) in [4.78, 5) is 41.1. The Hall–Kier alpha value is -4.48. The molecule has 9 nitrogen and oxygen atoms in total. The summed E-state index contributed by atoms with van der Waals surface area (Å²) in [5, 5.41) is 12.1. The van der Waals surface area contributed by atoms with Gasteiger partial charge in [-0.3, -0.25) is 9.59 Å². The number of benzene rings is 4. The maximum atomic E-state index is 13.4. The average Bonchev–Trinajstić information content (AvgIpc) is 3.39. The quantitative estimate of drug-likeness (QED) is 0.151. The number of nitrogens with zero attached hydrogens (tertiary/aromatic N) is 1. The summed E-state index contributed by atoms with van der Waals surface area (Å²) in [6.45, 7) is 2.10. The van der Waals surface area contributed by atoms with Crippen molar-refractivity contribution in [3.05, 3.63) is 131 Å². The van der Waals surface area contributed by atoms with Crippen molar-refractivity contribution in [1.82, 2.24) is 5.32 Å². The van der Waals surface area contributed by atoms with Gasteiger partial charge in [0.05, 0.1) is 30.9 Å². The largest absolute Gasteiger partial charge is 0.445 e. The van der Waals surface area contributed by atoms with Crippen LogP contribution in [-0.2, 0) is 37.0 Å². The SMILES string of the molecule is CC1C(CSc2ccccc2)OC(c2cccc(N3C(=O)CC(NC(=O)OCc4ccccc4)C3=O)c2)OC1c1ccc(CO)cc1. The molecule has 10 heteroatoms. The van der Waals surface area contributed by atoms with Gasteiger partial charge in [0.25, 0.3) is 5.91 Å². The van der Waals surface area contributed by atoms with Crippen LogP contribution in [0, 0.1) is 5.92 Å². The third kappa shape index (κ3) is 7.74. The second-order valence-electron chi connectivity index (χ2n) is 11.6. The van der Waals surface area contributed by atoms with Crippen molar-refractivity contribution in [2.75, 3.05) is 10.7 Å². The lowest BCUT2D eigenvalue weighted by Crippen LogP contribution is -2.42. The summed E-state index contributed by atoms with van der Waals surface area (Å²) in [7, 11) is 0. The zero-order valence-corrected chi connectivity index (χ0v) is 26.7. The Kier molecular flexibility index (Phi) is 10.3. The Morgan fingerprint density at radius 3 is 2.34 bits per heavy atom. The molecule has 242 valence electrons. The molecule has 0 saturated carbocycles. The number of carbonyl (C=O) groups excluding carboxylic acids is 3. The lowest BCUT2D eigenvalue weighted by atomic mass is 9.91. The van der Waals surface area contributed by atoms with Crippen LogP contribution in [0.15, 0.2) is 114 Å². The minimum atomic E-state index is -1.04. The summed E-state index contributed by atoms with van der Waals surface area (Å²) >= 11 is 1.71. The number of amides is 3. The molecule has 2 N–H and O–H groups in total. The number of hydrogen-bond acceptors (Lipinski definition) is 8. The van der Waals surface area contributed by atoms with E-state index >= 15 is 0 Å². The third-order valence-electron chi connectivity index (χ3n) is 8.33. The summed E-state index contributed by atoms with van der Waals surface area (Å²) in [5.74, 6) is -0.284. The van der Waals surface area contributed by atoms with E-state index in [1.165, 1.54) is 0 Å². The molecule has 5 atom stereocenters. The first kappa shape index (κ1) is 32.5. The van der Waals surface area contributed by atoms with E-state index in [-0.39, 0.29) is 37.8 Å².